The van der Waals surface area contributed by atoms with Crippen LogP contribution in [0, 0.1) is 4.91 Å². The molecule has 2 rings (SSSR count). The van der Waals surface area contributed by atoms with Crippen LogP contribution in [-0.2, 0) is 0 Å². The van der Waals surface area contributed by atoms with Gasteiger partial charge in [0.15, 0.2) is 0 Å². The van der Waals surface area contributed by atoms with E-state index in [1.165, 1.54) is 24.3 Å². The molecule has 0 bridgehead atoms. The third kappa shape index (κ3) is 2.89. The molecule has 5 nitrogen and oxygen atoms in total. The van der Waals surface area contributed by atoms with Gasteiger partial charge in [0.05, 0.1) is 21.3 Å². The minimum Gasteiger partial charge on any atom is -0.507 e. The molecule has 7 heteroatoms. The van der Waals surface area contributed by atoms with Gasteiger partial charge >= 0.3 is 0 Å². The molecular formula is C13H8Cl2N2O3. The molecule has 1 amide bonds. The Bertz CT molecular complexity index is 689. The van der Waals surface area contributed by atoms with E-state index in [0.717, 1.165) is 0 Å². The predicted molar refractivity (Wildman–Crippen MR) is 78.0 cm³/mol. The van der Waals surface area contributed by atoms with E-state index in [9.17, 15) is 14.8 Å². The minimum absolute atomic E-state index is 0.0165. The summed E-state index contributed by atoms with van der Waals surface area (Å²) in [6.07, 6.45) is 0. The first kappa shape index (κ1) is 14.3. The number of phenolic OH excluding ortho intramolecular Hbond substituents is 1. The van der Waals surface area contributed by atoms with Crippen LogP contribution in [0.25, 0.3) is 0 Å². The molecule has 2 aromatic rings. The average molecular weight is 311 g/mol. The fraction of sp³-hybridized carbons (Fsp3) is 0. The number of nitroso groups, excluding NO2 is 1. The number of aromatic hydroxyl groups is 1. The summed E-state index contributed by atoms with van der Waals surface area (Å²) in [7, 11) is 0. The topological polar surface area (TPSA) is 78.8 Å². The monoisotopic (exact) mass is 310 g/mol. The lowest BCUT2D eigenvalue weighted by molar-refractivity contribution is 0.102. The van der Waals surface area contributed by atoms with Crippen molar-refractivity contribution in [2.75, 3.05) is 5.32 Å². The number of carbonyl (C=O) groups is 1. The van der Waals surface area contributed by atoms with E-state index in [4.69, 9.17) is 23.2 Å². The molecule has 0 radical (unpaired) electrons. The fourth-order valence-electron chi connectivity index (χ4n) is 1.56. The molecule has 0 unspecified atom stereocenters. The van der Waals surface area contributed by atoms with Gasteiger partial charge in [0.25, 0.3) is 5.91 Å². The van der Waals surface area contributed by atoms with Crippen molar-refractivity contribution in [1.82, 2.24) is 0 Å². The van der Waals surface area contributed by atoms with E-state index in [0.29, 0.717) is 0 Å². The highest BCUT2D eigenvalue weighted by Gasteiger charge is 2.14. The third-order valence-electron chi connectivity index (χ3n) is 2.53. The summed E-state index contributed by atoms with van der Waals surface area (Å²) in [5.74, 6) is -0.703. The zero-order valence-corrected chi connectivity index (χ0v) is 11.4. The molecule has 0 aliphatic rings. The average Bonchev–Trinajstić information content (AvgIpc) is 2.42. The van der Waals surface area contributed by atoms with E-state index in [2.05, 4.69) is 10.5 Å². The second-order valence-corrected chi connectivity index (χ2v) is 4.66. The van der Waals surface area contributed by atoms with E-state index in [-0.39, 0.29) is 32.7 Å². The fourth-order valence-corrected chi connectivity index (χ4v) is 1.96. The quantitative estimate of drug-likeness (QED) is 0.827. The number of nitrogens with one attached hydrogen (secondary N) is 1. The largest absolute Gasteiger partial charge is 0.507 e. The normalized spacial score (nSPS) is 10.1. The Balaban J connectivity index is 2.31. The molecule has 0 aliphatic heterocycles. The lowest BCUT2D eigenvalue weighted by atomic mass is 10.2. The highest BCUT2D eigenvalue weighted by Crippen LogP contribution is 2.34. The van der Waals surface area contributed by atoms with Gasteiger partial charge in [-0.1, -0.05) is 35.3 Å². The van der Waals surface area contributed by atoms with Crippen LogP contribution in [0.15, 0.2) is 41.6 Å². The van der Waals surface area contributed by atoms with Crippen molar-refractivity contribution in [2.45, 2.75) is 0 Å². The number of rotatable bonds is 3. The van der Waals surface area contributed by atoms with Gasteiger partial charge in [-0.15, -0.1) is 4.91 Å². The van der Waals surface area contributed by atoms with Gasteiger partial charge in [-0.2, -0.15) is 0 Å². The Kier molecular flexibility index (Phi) is 4.22. The number of phenols is 1. The van der Waals surface area contributed by atoms with Crippen LogP contribution >= 0.6 is 23.2 Å². The lowest BCUT2D eigenvalue weighted by Gasteiger charge is -2.09. The lowest BCUT2D eigenvalue weighted by Crippen LogP contribution is -2.12. The predicted octanol–water partition coefficient (Wildman–Crippen LogP) is 4.35. The molecule has 2 aromatic carbocycles. The molecule has 0 aromatic heterocycles. The van der Waals surface area contributed by atoms with Crippen LogP contribution in [-0.4, -0.2) is 11.0 Å². The first-order valence-electron chi connectivity index (χ1n) is 5.44. The Hall–Kier alpha value is -2.11. The number of halogens is 2. The first-order valence-corrected chi connectivity index (χ1v) is 6.20. The molecule has 2 N–H and O–H groups in total. The Morgan fingerprint density at radius 3 is 2.50 bits per heavy atom. The summed E-state index contributed by atoms with van der Waals surface area (Å²) >= 11 is 11.7. The van der Waals surface area contributed by atoms with Gasteiger partial charge in [0, 0.05) is 0 Å². The number of amides is 1. The number of hydrogen-bond donors (Lipinski definition) is 2. The SMILES string of the molecule is O=Nc1cc(Cl)c(NC(=O)c2ccccc2O)cc1Cl. The molecule has 20 heavy (non-hydrogen) atoms. The van der Waals surface area contributed by atoms with Gasteiger partial charge in [0.2, 0.25) is 0 Å². The maximum absolute atomic E-state index is 12.0. The molecule has 0 aliphatic carbocycles. The zero-order chi connectivity index (χ0) is 14.7. The van der Waals surface area contributed by atoms with Crippen molar-refractivity contribution >= 4 is 40.5 Å². The van der Waals surface area contributed by atoms with Crippen LogP contribution in [0.1, 0.15) is 10.4 Å². The van der Waals surface area contributed by atoms with Crippen LogP contribution in [0.3, 0.4) is 0 Å². The molecule has 0 saturated heterocycles. The van der Waals surface area contributed by atoms with Crippen LogP contribution in [0.2, 0.25) is 10.0 Å². The van der Waals surface area contributed by atoms with Crippen molar-refractivity contribution < 1.29 is 9.90 Å². The van der Waals surface area contributed by atoms with Crippen molar-refractivity contribution in [3.63, 3.8) is 0 Å². The highest BCUT2D eigenvalue weighted by atomic mass is 35.5. The number of para-hydroxylation sites is 1. The molecule has 102 valence electrons. The molecule has 0 fully saturated rings. The van der Waals surface area contributed by atoms with Crippen molar-refractivity contribution in [2.24, 2.45) is 5.18 Å². The Morgan fingerprint density at radius 2 is 1.85 bits per heavy atom. The highest BCUT2D eigenvalue weighted by molar-refractivity contribution is 6.37. The van der Waals surface area contributed by atoms with Gasteiger partial charge < -0.3 is 10.4 Å². The summed E-state index contributed by atoms with van der Waals surface area (Å²) in [6, 6.07) is 8.63. The van der Waals surface area contributed by atoms with Crippen LogP contribution in [0.5, 0.6) is 5.75 Å². The van der Waals surface area contributed by atoms with Crippen LogP contribution in [0.4, 0.5) is 11.4 Å². The van der Waals surface area contributed by atoms with Gasteiger partial charge in [0.1, 0.15) is 11.4 Å². The van der Waals surface area contributed by atoms with E-state index >= 15 is 0 Å². The molecule has 0 atom stereocenters. The minimum atomic E-state index is -0.548. The second-order valence-electron chi connectivity index (χ2n) is 3.85. The molecule has 0 spiro atoms. The maximum atomic E-state index is 12.0. The number of anilines is 1. The van der Waals surface area contributed by atoms with Crippen molar-refractivity contribution in [1.29, 1.82) is 0 Å². The van der Waals surface area contributed by atoms with Crippen LogP contribution < -0.4 is 5.32 Å². The summed E-state index contributed by atoms with van der Waals surface area (Å²) < 4.78 is 0. The molecule has 0 saturated carbocycles. The first-order chi connectivity index (χ1) is 9.52. The zero-order valence-electron chi connectivity index (χ0n) is 9.93. The Labute approximate surface area is 124 Å². The number of hydrogen-bond acceptors (Lipinski definition) is 4. The summed E-state index contributed by atoms with van der Waals surface area (Å²) in [5.41, 5.74) is 0.298. The standard InChI is InChI=1S/C13H8Cl2N2O3/c14-8-6-11(17-20)9(15)5-10(8)16-13(19)7-3-1-2-4-12(7)18/h1-6,18H,(H,16,19). The maximum Gasteiger partial charge on any atom is 0.259 e. The van der Waals surface area contributed by atoms with E-state index in [1.807, 2.05) is 0 Å². The number of nitrogens with zero attached hydrogens (tertiary/aromatic N) is 1. The third-order valence-corrected chi connectivity index (χ3v) is 3.15. The second kappa shape index (κ2) is 5.90. The Morgan fingerprint density at radius 1 is 1.15 bits per heavy atom. The molecule has 0 heterocycles. The summed E-state index contributed by atoms with van der Waals surface area (Å²) in [4.78, 5) is 22.5. The van der Waals surface area contributed by atoms with Gasteiger partial charge in [-0.05, 0) is 29.4 Å². The smallest absolute Gasteiger partial charge is 0.259 e. The summed E-state index contributed by atoms with van der Waals surface area (Å²) in [6.45, 7) is 0. The van der Waals surface area contributed by atoms with Gasteiger partial charge in [-0.3, -0.25) is 4.79 Å². The number of carbonyl (C=O) groups excluding carboxylic acids is 1. The molecular weight excluding hydrogens is 303 g/mol. The van der Waals surface area contributed by atoms with E-state index in [1.54, 1.807) is 12.1 Å². The van der Waals surface area contributed by atoms with Crippen molar-refractivity contribution in [3.05, 3.63) is 56.9 Å². The van der Waals surface area contributed by atoms with Crippen molar-refractivity contribution in [3.8, 4) is 5.75 Å². The summed E-state index contributed by atoms with van der Waals surface area (Å²) in [5, 5.41) is 15.0. The van der Waals surface area contributed by atoms with E-state index < -0.39 is 5.91 Å². The van der Waals surface area contributed by atoms with Gasteiger partial charge in [-0.25, -0.2) is 0 Å². The number of benzene rings is 2.